The minimum absolute atomic E-state index is 0.0516. The van der Waals surface area contributed by atoms with Crippen molar-refractivity contribution in [3.63, 3.8) is 0 Å². The normalized spacial score (nSPS) is 13.6. The van der Waals surface area contributed by atoms with Gasteiger partial charge in [0.05, 0.1) is 5.54 Å². The van der Waals surface area contributed by atoms with Gasteiger partial charge in [-0.1, -0.05) is 30.3 Å². The summed E-state index contributed by atoms with van der Waals surface area (Å²) < 4.78 is 34.4. The monoisotopic (exact) mass is 345 g/mol. The highest BCUT2D eigenvalue weighted by atomic mass is 19.3. The molecule has 0 amide bonds. The van der Waals surface area contributed by atoms with Crippen molar-refractivity contribution in [3.05, 3.63) is 60.0 Å². The largest absolute Gasteiger partial charge is 0.417 e. The van der Waals surface area contributed by atoms with Crippen LogP contribution in [0.15, 0.2) is 46.9 Å². The molecule has 2 N–H and O–H groups in total. The topological polar surface area (TPSA) is 87.1 Å². The van der Waals surface area contributed by atoms with Crippen LogP contribution in [0.5, 0.6) is 5.88 Å². The molecule has 0 bridgehead atoms. The van der Waals surface area contributed by atoms with E-state index < -0.39 is 12.2 Å². The van der Waals surface area contributed by atoms with Gasteiger partial charge in [-0.25, -0.2) is 4.98 Å². The van der Waals surface area contributed by atoms with Crippen molar-refractivity contribution in [2.45, 2.75) is 25.5 Å². The third kappa shape index (κ3) is 4.16. The second-order valence-corrected chi connectivity index (χ2v) is 5.66. The van der Waals surface area contributed by atoms with E-state index in [2.05, 4.69) is 26.0 Å². The van der Waals surface area contributed by atoms with Gasteiger partial charge in [0.25, 0.3) is 5.89 Å². The number of alkyl halides is 2. The molecule has 0 saturated carbocycles. The Morgan fingerprint density at radius 1 is 1.24 bits per heavy atom. The van der Waals surface area contributed by atoms with E-state index in [1.807, 2.05) is 30.3 Å². The molecule has 3 rings (SSSR count). The van der Waals surface area contributed by atoms with E-state index in [-0.39, 0.29) is 23.4 Å². The minimum Gasteiger partial charge on any atom is -0.417 e. The third-order valence-corrected chi connectivity index (χ3v) is 3.41. The molecule has 6 nitrogen and oxygen atoms in total. The second kappa shape index (κ2) is 6.94. The summed E-state index contributed by atoms with van der Waals surface area (Å²) in [5.74, 6) is -0.0175. The molecule has 2 heterocycles. The van der Waals surface area contributed by atoms with Gasteiger partial charge in [-0.15, -0.1) is 10.2 Å². The molecular formula is C17H15F2N4O2. The molecule has 0 spiro atoms. The molecule has 0 saturated heterocycles. The molecule has 3 aromatic rings. The molecular weight excluding hydrogens is 330 g/mol. The number of rotatable bonds is 6. The van der Waals surface area contributed by atoms with E-state index in [1.54, 1.807) is 6.92 Å². The Kier molecular flexibility index (Phi) is 4.71. The van der Waals surface area contributed by atoms with E-state index in [4.69, 9.17) is 10.2 Å². The summed E-state index contributed by atoms with van der Waals surface area (Å²) in [7, 11) is 0. The maximum atomic E-state index is 12.3. The molecule has 129 valence electrons. The highest BCUT2D eigenvalue weighted by Gasteiger charge is 2.29. The van der Waals surface area contributed by atoms with Gasteiger partial charge in [-0.2, -0.15) is 8.78 Å². The predicted octanol–water partition coefficient (Wildman–Crippen LogP) is 2.95. The van der Waals surface area contributed by atoms with Crippen molar-refractivity contribution < 1.29 is 17.9 Å². The fourth-order valence-corrected chi connectivity index (χ4v) is 2.29. The molecule has 0 fully saturated rings. The fraction of sp³-hybridized carbons (Fsp3) is 0.235. The van der Waals surface area contributed by atoms with Crippen molar-refractivity contribution in [3.8, 4) is 17.5 Å². The van der Waals surface area contributed by atoms with Crippen LogP contribution in [0.25, 0.3) is 11.6 Å². The number of halogens is 2. The van der Waals surface area contributed by atoms with Crippen molar-refractivity contribution in [1.29, 1.82) is 0 Å². The Labute approximate surface area is 142 Å². The smallest absolute Gasteiger partial charge is 0.388 e. The van der Waals surface area contributed by atoms with Crippen LogP contribution in [-0.4, -0.2) is 21.8 Å². The number of aromatic nitrogens is 3. The number of nitrogens with zero attached hydrogens (tertiary/aromatic N) is 3. The zero-order valence-electron chi connectivity index (χ0n) is 13.3. The molecule has 0 aliphatic rings. The average molecular weight is 345 g/mol. The highest BCUT2D eigenvalue weighted by molar-refractivity contribution is 5.46. The van der Waals surface area contributed by atoms with E-state index in [0.717, 1.165) is 5.56 Å². The van der Waals surface area contributed by atoms with Crippen LogP contribution in [0.4, 0.5) is 8.78 Å². The fourth-order valence-electron chi connectivity index (χ4n) is 2.29. The highest BCUT2D eigenvalue weighted by Crippen LogP contribution is 2.25. The van der Waals surface area contributed by atoms with Crippen molar-refractivity contribution in [1.82, 2.24) is 15.2 Å². The molecule has 0 aliphatic carbocycles. The van der Waals surface area contributed by atoms with Crippen LogP contribution in [0.2, 0.25) is 0 Å². The maximum absolute atomic E-state index is 12.3. The number of nitrogens with two attached hydrogens (primary N) is 1. The third-order valence-electron chi connectivity index (χ3n) is 3.41. The van der Waals surface area contributed by atoms with Gasteiger partial charge in [0.1, 0.15) is 5.69 Å². The van der Waals surface area contributed by atoms with Crippen LogP contribution >= 0.6 is 0 Å². The quantitative estimate of drug-likeness (QED) is 0.739. The van der Waals surface area contributed by atoms with Crippen LogP contribution in [0.3, 0.4) is 0 Å². The Bertz CT molecular complexity index is 837. The van der Waals surface area contributed by atoms with Gasteiger partial charge in [0.2, 0.25) is 11.8 Å². The number of hydrogen-bond acceptors (Lipinski definition) is 6. The first-order chi connectivity index (χ1) is 11.9. The predicted molar refractivity (Wildman–Crippen MR) is 84.7 cm³/mol. The van der Waals surface area contributed by atoms with E-state index in [0.29, 0.717) is 6.42 Å². The van der Waals surface area contributed by atoms with E-state index >= 15 is 0 Å². The number of hydrogen-bond donors (Lipinski definition) is 1. The molecule has 0 aliphatic heterocycles. The maximum Gasteiger partial charge on any atom is 0.388 e. The molecule has 1 atom stereocenters. The molecule has 2 aromatic heterocycles. The molecule has 0 unspecified atom stereocenters. The number of benzene rings is 1. The van der Waals surface area contributed by atoms with Crippen LogP contribution in [0.1, 0.15) is 18.4 Å². The van der Waals surface area contributed by atoms with E-state index in [1.165, 1.54) is 12.1 Å². The lowest BCUT2D eigenvalue weighted by Gasteiger charge is -2.20. The summed E-state index contributed by atoms with van der Waals surface area (Å²) in [6, 6.07) is 14.9. The zero-order valence-corrected chi connectivity index (χ0v) is 13.3. The zero-order chi connectivity index (χ0) is 17.9. The van der Waals surface area contributed by atoms with Crippen LogP contribution in [-0.2, 0) is 12.0 Å². The summed E-state index contributed by atoms with van der Waals surface area (Å²) >= 11 is 0. The molecule has 25 heavy (non-hydrogen) atoms. The lowest BCUT2D eigenvalue weighted by molar-refractivity contribution is -0.0528. The Morgan fingerprint density at radius 3 is 2.72 bits per heavy atom. The summed E-state index contributed by atoms with van der Waals surface area (Å²) in [4.78, 5) is 3.89. The lowest BCUT2D eigenvalue weighted by atomic mass is 9.94. The first-order valence-corrected chi connectivity index (χ1v) is 7.44. The lowest BCUT2D eigenvalue weighted by Crippen LogP contribution is -2.35. The summed E-state index contributed by atoms with van der Waals surface area (Å²) in [5, 5.41) is 7.86. The summed E-state index contributed by atoms with van der Waals surface area (Å²) in [5.41, 5.74) is 6.61. The van der Waals surface area contributed by atoms with Gasteiger partial charge in [0, 0.05) is 6.07 Å². The number of ether oxygens (including phenoxy) is 1. The molecule has 1 aromatic carbocycles. The standard InChI is InChI=1S/C17H15F2N4O2/c1-17(20,10-11-6-3-2-4-7-11)15-23-22-14(25-15)12-8-5-9-13(21-12)24-16(18)19/h2-4,6-9,16H,10,20H2,1H3/t17-/m0/s1. The van der Waals surface area contributed by atoms with Crippen LogP contribution < -0.4 is 10.5 Å². The van der Waals surface area contributed by atoms with Crippen molar-refractivity contribution >= 4 is 0 Å². The molecule has 8 heteroatoms. The van der Waals surface area contributed by atoms with Gasteiger partial charge in [0.15, 0.2) is 0 Å². The summed E-state index contributed by atoms with van der Waals surface area (Å²) in [6.45, 7) is -1.21. The van der Waals surface area contributed by atoms with Gasteiger partial charge in [-0.05, 0) is 31.0 Å². The Hall–Kier alpha value is -2.87. The minimum atomic E-state index is -2.98. The van der Waals surface area contributed by atoms with Crippen molar-refractivity contribution in [2.75, 3.05) is 0 Å². The first-order valence-electron chi connectivity index (χ1n) is 7.44. The van der Waals surface area contributed by atoms with Crippen molar-refractivity contribution in [2.24, 2.45) is 5.73 Å². The molecule has 1 radical (unpaired) electrons. The van der Waals surface area contributed by atoms with Gasteiger partial charge in [-0.3, -0.25) is 0 Å². The Morgan fingerprint density at radius 2 is 2.00 bits per heavy atom. The Balaban J connectivity index is 1.82. The summed E-state index contributed by atoms with van der Waals surface area (Å²) in [6.07, 6.45) is 0.490. The van der Waals surface area contributed by atoms with Gasteiger partial charge >= 0.3 is 6.61 Å². The number of pyridine rings is 1. The van der Waals surface area contributed by atoms with Crippen LogP contribution in [0, 0.1) is 6.07 Å². The average Bonchev–Trinajstić information content (AvgIpc) is 3.06. The SMILES string of the molecule is C[C@](N)(Cc1ccccc1)c1nnc(-c2c[c]cc(OC(F)F)n2)o1. The second-order valence-electron chi connectivity index (χ2n) is 5.66. The van der Waals surface area contributed by atoms with Gasteiger partial charge < -0.3 is 14.9 Å². The first kappa shape index (κ1) is 17.0. The van der Waals surface area contributed by atoms with E-state index in [9.17, 15) is 8.78 Å².